The monoisotopic (exact) mass is 688 g/mol. The number of para-hydroxylation sites is 1. The highest BCUT2D eigenvalue weighted by Crippen LogP contribution is 2.43. The number of methoxy groups -OCH3 is 1. The Hall–Kier alpha value is -5.69. The topological polar surface area (TPSA) is 116 Å². The largest absolute Gasteiger partial charge is 0.496 e. The first-order valence-electron chi connectivity index (χ1n) is 14.9. The lowest BCUT2D eigenvalue weighted by Crippen LogP contribution is -2.41. The molecule has 0 spiro atoms. The molecular weight excluding hydrogens is 661 g/mol. The lowest BCUT2D eigenvalue weighted by Gasteiger charge is -2.28. The summed E-state index contributed by atoms with van der Waals surface area (Å²) in [6.45, 7) is 1.33. The maximum Gasteiger partial charge on any atom is 0.434 e. The Balaban J connectivity index is 1.55. The number of allylic oxidation sites excluding steroid dienone is 1. The molecule has 6 rings (SSSR count). The van der Waals surface area contributed by atoms with Crippen molar-refractivity contribution < 1.29 is 42.1 Å². The molecule has 1 N–H and O–H groups in total. The summed E-state index contributed by atoms with van der Waals surface area (Å²) in [6.07, 6.45) is -3.58. The molecule has 1 aromatic heterocycles. The Morgan fingerprint density at radius 1 is 0.980 bits per heavy atom. The number of benzene rings is 4. The molecular formula is C36H27F3N2O7S. The number of hydrogen-bond donors (Lipinski definition) is 1. The average Bonchev–Trinajstić information content (AvgIpc) is 3.40. The van der Waals surface area contributed by atoms with E-state index in [-0.39, 0.29) is 39.4 Å². The van der Waals surface area contributed by atoms with Crippen LogP contribution in [0.25, 0.3) is 16.8 Å². The lowest BCUT2D eigenvalue weighted by atomic mass is 9.90. The fourth-order valence-corrected chi connectivity index (χ4v) is 6.62. The minimum Gasteiger partial charge on any atom is -0.496 e. The second kappa shape index (κ2) is 13.4. The van der Waals surface area contributed by atoms with Gasteiger partial charge in [-0.3, -0.25) is 9.36 Å². The number of esters is 1. The zero-order chi connectivity index (χ0) is 34.9. The van der Waals surface area contributed by atoms with Crippen LogP contribution in [0.3, 0.4) is 0 Å². The number of rotatable bonds is 9. The lowest BCUT2D eigenvalue weighted by molar-refractivity contribution is -0.140. The third-order valence-electron chi connectivity index (χ3n) is 7.82. The molecule has 4 aromatic carbocycles. The molecule has 0 amide bonds. The van der Waals surface area contributed by atoms with Crippen molar-refractivity contribution in [2.24, 2.45) is 4.99 Å². The number of carbonyl (C=O) groups is 2. The molecule has 0 unspecified atom stereocenters. The molecule has 1 aliphatic rings. The van der Waals surface area contributed by atoms with Gasteiger partial charge in [-0.05, 0) is 53.6 Å². The van der Waals surface area contributed by atoms with Crippen molar-refractivity contribution in [1.82, 2.24) is 4.57 Å². The van der Waals surface area contributed by atoms with Crippen LogP contribution in [0.4, 0.5) is 13.2 Å². The maximum absolute atomic E-state index is 14.7. The van der Waals surface area contributed by atoms with Gasteiger partial charge in [0.05, 0.1) is 29.4 Å². The number of carboxylic acids is 1. The minimum atomic E-state index is -5.07. The predicted octanol–water partition coefficient (Wildman–Crippen LogP) is 5.78. The molecule has 49 heavy (non-hydrogen) atoms. The molecule has 0 bridgehead atoms. The van der Waals surface area contributed by atoms with Gasteiger partial charge in [-0.25, -0.2) is 14.6 Å². The maximum atomic E-state index is 14.7. The number of halogens is 3. The first-order valence-corrected chi connectivity index (χ1v) is 15.7. The number of hydrogen-bond acceptors (Lipinski definition) is 8. The summed E-state index contributed by atoms with van der Waals surface area (Å²) in [5.74, 6) is -1.79. The average molecular weight is 689 g/mol. The molecule has 9 nitrogen and oxygen atoms in total. The number of carboxylic acid groups (broad SMARTS) is 1. The van der Waals surface area contributed by atoms with Crippen LogP contribution in [0.1, 0.15) is 40.0 Å². The number of thiazole rings is 1. The van der Waals surface area contributed by atoms with Crippen LogP contribution in [0.15, 0.2) is 106 Å². The Kier molecular flexibility index (Phi) is 9.11. The van der Waals surface area contributed by atoms with Crippen LogP contribution < -0.4 is 24.4 Å². The van der Waals surface area contributed by atoms with E-state index >= 15 is 0 Å². The van der Waals surface area contributed by atoms with Crippen LogP contribution in [-0.4, -0.2) is 41.5 Å². The van der Waals surface area contributed by atoms with Gasteiger partial charge in [0.1, 0.15) is 24.1 Å². The molecule has 0 fully saturated rings. The Morgan fingerprint density at radius 3 is 2.39 bits per heavy atom. The molecule has 0 radical (unpaired) electrons. The smallest absolute Gasteiger partial charge is 0.434 e. The van der Waals surface area contributed by atoms with Gasteiger partial charge in [-0.1, -0.05) is 72.0 Å². The predicted molar refractivity (Wildman–Crippen MR) is 175 cm³/mol. The van der Waals surface area contributed by atoms with E-state index < -0.39 is 41.0 Å². The van der Waals surface area contributed by atoms with E-state index in [1.807, 2.05) is 0 Å². The molecule has 0 aliphatic carbocycles. The first kappa shape index (κ1) is 33.2. The summed E-state index contributed by atoms with van der Waals surface area (Å²) in [5, 5.41) is 10.3. The van der Waals surface area contributed by atoms with E-state index in [0.29, 0.717) is 27.6 Å². The summed E-state index contributed by atoms with van der Waals surface area (Å²) in [5.41, 5.74) is -1.54. The van der Waals surface area contributed by atoms with Gasteiger partial charge in [0.15, 0.2) is 10.5 Å². The van der Waals surface area contributed by atoms with Gasteiger partial charge in [-0.2, -0.15) is 13.2 Å². The molecule has 1 atom stereocenters. The highest BCUT2D eigenvalue weighted by Gasteiger charge is 2.46. The number of ether oxygens (including phenoxy) is 3. The molecule has 2 heterocycles. The second-order valence-electron chi connectivity index (χ2n) is 10.8. The molecule has 1 aliphatic heterocycles. The standard InChI is InChI=1S/C36H27F3N2O7S/c1-3-47-34(45)29-30(28-24-10-6-4-8-21(24)16-17-26(28)46-2)41-32(42)27(49-35(41)40-31(29)36(37,38)39)18-23-9-5-7-11-25(23)48-19-20-12-14-22(15-13-20)33(43)44/h4-18,30H,3,19H2,1-2H3,(H,43,44)/b27-18-/t30-/m1/s1. The van der Waals surface area contributed by atoms with E-state index in [9.17, 15) is 27.6 Å². The van der Waals surface area contributed by atoms with E-state index in [4.69, 9.17) is 19.3 Å². The fourth-order valence-electron chi connectivity index (χ4n) is 5.63. The molecule has 0 saturated heterocycles. The number of aromatic carboxylic acids is 1. The van der Waals surface area contributed by atoms with Gasteiger partial charge in [0.25, 0.3) is 5.56 Å². The summed E-state index contributed by atoms with van der Waals surface area (Å²) in [7, 11) is 1.35. The molecule has 5 aromatic rings. The van der Waals surface area contributed by atoms with Crippen LogP contribution >= 0.6 is 11.3 Å². The third kappa shape index (κ3) is 6.44. The second-order valence-corrected chi connectivity index (χ2v) is 11.8. The number of aromatic nitrogens is 1. The van der Waals surface area contributed by atoms with Gasteiger partial charge in [-0.15, -0.1) is 0 Å². The molecule has 13 heteroatoms. The van der Waals surface area contributed by atoms with Crippen LogP contribution in [0, 0.1) is 0 Å². The SMILES string of the molecule is CCOC(=O)C1=C(C(F)(F)F)N=c2s/c(=C\c3ccccc3OCc3ccc(C(=O)O)cc3)c(=O)n2[C@@H]1c1c(OC)ccc2ccccc12. The number of fused-ring (bicyclic) bond motifs is 2. The Bertz CT molecular complexity index is 2310. The van der Waals surface area contributed by atoms with Crippen molar-refractivity contribution in [1.29, 1.82) is 0 Å². The quantitative estimate of drug-likeness (QED) is 0.195. The highest BCUT2D eigenvalue weighted by atomic mass is 32.1. The van der Waals surface area contributed by atoms with E-state index in [1.54, 1.807) is 72.8 Å². The zero-order valence-corrected chi connectivity index (χ0v) is 26.8. The summed E-state index contributed by atoms with van der Waals surface area (Å²) in [6, 6.07) is 21.5. The summed E-state index contributed by atoms with van der Waals surface area (Å²) >= 11 is 0.738. The zero-order valence-electron chi connectivity index (χ0n) is 26.0. The van der Waals surface area contributed by atoms with Crippen molar-refractivity contribution in [3.05, 3.63) is 138 Å². The van der Waals surface area contributed by atoms with Crippen molar-refractivity contribution in [2.75, 3.05) is 13.7 Å². The van der Waals surface area contributed by atoms with Gasteiger partial charge in [0.2, 0.25) is 0 Å². The fraction of sp³-hybridized carbons (Fsp3) is 0.167. The van der Waals surface area contributed by atoms with E-state index in [0.717, 1.165) is 15.9 Å². The highest BCUT2D eigenvalue weighted by molar-refractivity contribution is 7.07. The van der Waals surface area contributed by atoms with Crippen LogP contribution in [-0.2, 0) is 16.1 Å². The Morgan fingerprint density at radius 2 is 1.69 bits per heavy atom. The first-order chi connectivity index (χ1) is 23.5. The van der Waals surface area contributed by atoms with E-state index in [2.05, 4.69) is 4.99 Å². The van der Waals surface area contributed by atoms with Crippen LogP contribution in [0.2, 0.25) is 0 Å². The molecule has 250 valence electrons. The number of carbonyl (C=O) groups excluding carboxylic acids is 1. The molecule has 0 saturated carbocycles. The van der Waals surface area contributed by atoms with Gasteiger partial charge < -0.3 is 19.3 Å². The minimum absolute atomic E-state index is 0.0384. The number of nitrogens with zero attached hydrogens (tertiary/aromatic N) is 2. The van der Waals surface area contributed by atoms with E-state index in [1.165, 1.54) is 32.2 Å². The van der Waals surface area contributed by atoms with Gasteiger partial charge in [0, 0.05) is 11.1 Å². The number of alkyl halides is 3. The van der Waals surface area contributed by atoms with Crippen molar-refractivity contribution in [2.45, 2.75) is 25.7 Å². The van der Waals surface area contributed by atoms with Crippen molar-refractivity contribution in [3.63, 3.8) is 0 Å². The summed E-state index contributed by atoms with van der Waals surface area (Å²) < 4.78 is 62.1. The van der Waals surface area contributed by atoms with Crippen molar-refractivity contribution in [3.8, 4) is 11.5 Å². The Labute approximate surface area is 280 Å². The van der Waals surface area contributed by atoms with Crippen molar-refractivity contribution >= 4 is 40.1 Å². The normalized spacial score (nSPS) is 14.7. The summed E-state index contributed by atoms with van der Waals surface area (Å²) in [4.78, 5) is 42.5. The van der Waals surface area contributed by atoms with Gasteiger partial charge >= 0.3 is 18.1 Å². The van der Waals surface area contributed by atoms with Crippen LogP contribution in [0.5, 0.6) is 11.5 Å². The third-order valence-corrected chi connectivity index (χ3v) is 8.80.